The van der Waals surface area contributed by atoms with Gasteiger partial charge in [-0.25, -0.2) is 0 Å². The number of nitrogens with one attached hydrogen (secondary N) is 1. The highest BCUT2D eigenvalue weighted by Gasteiger charge is 2.30. The van der Waals surface area contributed by atoms with E-state index < -0.39 is 0 Å². The van der Waals surface area contributed by atoms with Crippen LogP contribution in [0.3, 0.4) is 0 Å². The van der Waals surface area contributed by atoms with E-state index >= 15 is 0 Å². The molecule has 0 bridgehead atoms. The van der Waals surface area contributed by atoms with Gasteiger partial charge in [-0.05, 0) is 44.7 Å². The molecular formula is C11H19NO. The Morgan fingerprint density at radius 2 is 1.85 bits per heavy atom. The van der Waals surface area contributed by atoms with Crippen LogP contribution in [0.15, 0.2) is 0 Å². The molecule has 2 rings (SSSR count). The maximum atomic E-state index is 11.7. The number of carbonyl (C=O) groups is 1. The van der Waals surface area contributed by atoms with E-state index in [1.807, 2.05) is 0 Å². The monoisotopic (exact) mass is 181 g/mol. The summed E-state index contributed by atoms with van der Waals surface area (Å²) in [6.07, 6.45) is 6.88. The zero-order valence-electron chi connectivity index (χ0n) is 8.22. The zero-order valence-corrected chi connectivity index (χ0v) is 8.22. The van der Waals surface area contributed by atoms with Crippen LogP contribution in [0.1, 0.15) is 38.5 Å². The summed E-state index contributed by atoms with van der Waals surface area (Å²) in [7, 11) is 0. The average Bonchev–Trinajstić information content (AvgIpc) is 2.20. The Labute approximate surface area is 80.1 Å². The lowest BCUT2D eigenvalue weighted by Gasteiger charge is -2.32. The van der Waals surface area contributed by atoms with Crippen molar-refractivity contribution >= 4 is 5.78 Å². The summed E-state index contributed by atoms with van der Waals surface area (Å²) >= 11 is 0. The molecule has 2 aliphatic rings. The highest BCUT2D eigenvalue weighted by Crippen LogP contribution is 2.31. The molecule has 1 aliphatic heterocycles. The first-order valence-electron chi connectivity index (χ1n) is 5.61. The normalized spacial score (nSPS) is 32.0. The lowest BCUT2D eigenvalue weighted by molar-refractivity contribution is -0.126. The molecule has 0 aromatic rings. The maximum absolute atomic E-state index is 11.7. The standard InChI is InChI=1S/C11H19NO/c13-11-4-2-1-3-10(11)9-5-7-12-8-6-9/h9-10,12H,1-8H2. The topological polar surface area (TPSA) is 29.1 Å². The van der Waals surface area contributed by atoms with Gasteiger partial charge in [-0.15, -0.1) is 0 Å². The van der Waals surface area contributed by atoms with Gasteiger partial charge >= 0.3 is 0 Å². The zero-order chi connectivity index (χ0) is 9.10. The van der Waals surface area contributed by atoms with E-state index in [0.717, 1.165) is 25.9 Å². The van der Waals surface area contributed by atoms with Crippen LogP contribution in [0, 0.1) is 11.8 Å². The van der Waals surface area contributed by atoms with Gasteiger partial charge in [-0.2, -0.15) is 0 Å². The van der Waals surface area contributed by atoms with Crippen molar-refractivity contribution in [2.24, 2.45) is 11.8 Å². The molecule has 1 heterocycles. The fourth-order valence-electron chi connectivity index (χ4n) is 2.76. The fourth-order valence-corrected chi connectivity index (χ4v) is 2.76. The summed E-state index contributed by atoms with van der Waals surface area (Å²) in [6.45, 7) is 2.24. The minimum Gasteiger partial charge on any atom is -0.317 e. The summed E-state index contributed by atoms with van der Waals surface area (Å²) in [5.74, 6) is 1.68. The average molecular weight is 181 g/mol. The number of hydrogen-bond acceptors (Lipinski definition) is 2. The molecule has 0 amide bonds. The molecule has 0 aromatic heterocycles. The van der Waals surface area contributed by atoms with Gasteiger partial charge in [-0.3, -0.25) is 4.79 Å². The number of hydrogen-bond donors (Lipinski definition) is 1. The third-order valence-corrected chi connectivity index (χ3v) is 3.55. The third-order valence-electron chi connectivity index (χ3n) is 3.55. The Morgan fingerprint density at radius 3 is 2.54 bits per heavy atom. The number of ketones is 1. The maximum Gasteiger partial charge on any atom is 0.136 e. The van der Waals surface area contributed by atoms with E-state index in [1.54, 1.807) is 0 Å². The lowest BCUT2D eigenvalue weighted by atomic mass is 9.75. The van der Waals surface area contributed by atoms with Crippen LogP contribution in [0.2, 0.25) is 0 Å². The molecule has 0 spiro atoms. The molecule has 1 saturated carbocycles. The van der Waals surface area contributed by atoms with Crippen molar-refractivity contribution in [3.63, 3.8) is 0 Å². The van der Waals surface area contributed by atoms with E-state index in [1.165, 1.54) is 25.7 Å². The number of piperidine rings is 1. The second-order valence-electron chi connectivity index (χ2n) is 4.41. The molecule has 13 heavy (non-hydrogen) atoms. The first kappa shape index (κ1) is 9.20. The minimum atomic E-state index is 0.427. The Morgan fingerprint density at radius 1 is 1.08 bits per heavy atom. The fraction of sp³-hybridized carbons (Fsp3) is 0.909. The van der Waals surface area contributed by atoms with Crippen molar-refractivity contribution in [2.75, 3.05) is 13.1 Å². The van der Waals surface area contributed by atoms with Gasteiger partial charge in [0.2, 0.25) is 0 Å². The van der Waals surface area contributed by atoms with Crippen molar-refractivity contribution in [3.05, 3.63) is 0 Å². The molecule has 1 unspecified atom stereocenters. The van der Waals surface area contributed by atoms with Gasteiger partial charge in [0.15, 0.2) is 0 Å². The highest BCUT2D eigenvalue weighted by atomic mass is 16.1. The Hall–Kier alpha value is -0.370. The largest absolute Gasteiger partial charge is 0.317 e. The van der Waals surface area contributed by atoms with Gasteiger partial charge in [0, 0.05) is 12.3 Å². The van der Waals surface area contributed by atoms with Crippen molar-refractivity contribution in [2.45, 2.75) is 38.5 Å². The quantitative estimate of drug-likeness (QED) is 0.667. The molecule has 1 N–H and O–H groups in total. The van der Waals surface area contributed by atoms with Crippen molar-refractivity contribution in [3.8, 4) is 0 Å². The van der Waals surface area contributed by atoms with Gasteiger partial charge in [0.05, 0.1) is 0 Å². The summed E-state index contributed by atoms with van der Waals surface area (Å²) in [4.78, 5) is 11.7. The van der Waals surface area contributed by atoms with E-state index in [0.29, 0.717) is 17.6 Å². The van der Waals surface area contributed by atoms with Gasteiger partial charge in [0.25, 0.3) is 0 Å². The highest BCUT2D eigenvalue weighted by molar-refractivity contribution is 5.81. The second kappa shape index (κ2) is 4.23. The molecule has 1 atom stereocenters. The molecule has 2 nitrogen and oxygen atoms in total. The van der Waals surface area contributed by atoms with Gasteiger partial charge < -0.3 is 5.32 Å². The molecule has 2 heteroatoms. The van der Waals surface area contributed by atoms with Crippen molar-refractivity contribution in [1.82, 2.24) is 5.32 Å². The van der Waals surface area contributed by atoms with E-state index in [2.05, 4.69) is 5.32 Å². The van der Waals surface area contributed by atoms with Crippen LogP contribution >= 0.6 is 0 Å². The number of carbonyl (C=O) groups excluding carboxylic acids is 1. The SMILES string of the molecule is O=C1CCCCC1C1CCNCC1. The molecule has 0 radical (unpaired) electrons. The predicted octanol–water partition coefficient (Wildman–Crippen LogP) is 1.75. The third kappa shape index (κ3) is 2.11. The van der Waals surface area contributed by atoms with Crippen molar-refractivity contribution < 1.29 is 4.79 Å². The van der Waals surface area contributed by atoms with Gasteiger partial charge in [-0.1, -0.05) is 6.42 Å². The summed E-state index contributed by atoms with van der Waals surface area (Å²) in [5, 5.41) is 3.36. The molecule has 0 aromatic carbocycles. The smallest absolute Gasteiger partial charge is 0.136 e. The van der Waals surface area contributed by atoms with Crippen molar-refractivity contribution in [1.29, 1.82) is 0 Å². The predicted molar refractivity (Wildman–Crippen MR) is 52.6 cm³/mol. The summed E-state index contributed by atoms with van der Waals surface area (Å²) in [6, 6.07) is 0. The van der Waals surface area contributed by atoms with Crippen LogP contribution in [0.25, 0.3) is 0 Å². The first-order valence-corrected chi connectivity index (χ1v) is 5.61. The van der Waals surface area contributed by atoms with Crippen LogP contribution in [0.4, 0.5) is 0 Å². The molecule has 1 saturated heterocycles. The van der Waals surface area contributed by atoms with Crippen LogP contribution in [0.5, 0.6) is 0 Å². The Bertz CT molecular complexity index is 185. The number of Topliss-reactive ketones (excluding diaryl/α,β-unsaturated/α-hetero) is 1. The molecule has 74 valence electrons. The van der Waals surface area contributed by atoms with E-state index in [9.17, 15) is 4.79 Å². The minimum absolute atomic E-state index is 0.427. The Kier molecular flexibility index (Phi) is 2.99. The van der Waals surface area contributed by atoms with E-state index in [4.69, 9.17) is 0 Å². The van der Waals surface area contributed by atoms with Crippen LogP contribution < -0.4 is 5.32 Å². The molecule has 1 aliphatic carbocycles. The lowest BCUT2D eigenvalue weighted by Crippen LogP contribution is -2.35. The van der Waals surface area contributed by atoms with E-state index in [-0.39, 0.29) is 0 Å². The van der Waals surface area contributed by atoms with Crippen LogP contribution in [-0.4, -0.2) is 18.9 Å². The van der Waals surface area contributed by atoms with Gasteiger partial charge in [0.1, 0.15) is 5.78 Å². The summed E-state index contributed by atoms with van der Waals surface area (Å²) in [5.41, 5.74) is 0. The molecular weight excluding hydrogens is 162 g/mol. The number of rotatable bonds is 1. The van der Waals surface area contributed by atoms with Crippen LogP contribution in [-0.2, 0) is 4.79 Å². The second-order valence-corrected chi connectivity index (χ2v) is 4.41. The molecule has 2 fully saturated rings. The first-order chi connectivity index (χ1) is 6.38. The summed E-state index contributed by atoms with van der Waals surface area (Å²) < 4.78 is 0. The Balaban J connectivity index is 1.92.